The number of rotatable bonds is 10. The number of carbonyl (C=O) groups is 2. The summed E-state index contributed by atoms with van der Waals surface area (Å²) in [4.78, 5) is 44.0. The average Bonchev–Trinajstić information content (AvgIpc) is 3.25. The first-order valence-corrected chi connectivity index (χ1v) is 15.8. The van der Waals surface area contributed by atoms with Gasteiger partial charge in [-0.25, -0.2) is 14.6 Å². The maximum atomic E-state index is 14.0. The van der Waals surface area contributed by atoms with Crippen molar-refractivity contribution in [2.45, 2.75) is 26.8 Å². The number of methoxy groups -OCH3 is 2. The van der Waals surface area contributed by atoms with Gasteiger partial charge in [0.05, 0.1) is 56.4 Å². The van der Waals surface area contributed by atoms with Crippen molar-refractivity contribution >= 4 is 74.5 Å². The van der Waals surface area contributed by atoms with E-state index in [-0.39, 0.29) is 24.3 Å². The molecule has 0 fully saturated rings. The molecule has 0 bridgehead atoms. The molecular weight excluding hydrogens is 790 g/mol. The van der Waals surface area contributed by atoms with Gasteiger partial charge in [0, 0.05) is 0 Å². The number of aromatic nitrogens is 1. The van der Waals surface area contributed by atoms with Crippen molar-refractivity contribution in [3.8, 4) is 17.2 Å². The largest absolute Gasteiger partial charge is 0.495 e. The summed E-state index contributed by atoms with van der Waals surface area (Å²) in [7, 11) is 2.89. The van der Waals surface area contributed by atoms with Crippen LogP contribution in [0, 0.1) is 7.14 Å². The molecule has 0 saturated carbocycles. The quantitative estimate of drug-likeness (QED) is 0.223. The molecule has 0 radical (unpaired) electrons. The van der Waals surface area contributed by atoms with Gasteiger partial charge in [-0.1, -0.05) is 17.4 Å². The Morgan fingerprint density at radius 1 is 1.05 bits per heavy atom. The number of allylic oxidation sites excluding steroid dienone is 1. The first-order valence-electron chi connectivity index (χ1n) is 12.8. The van der Waals surface area contributed by atoms with Crippen molar-refractivity contribution in [2.75, 3.05) is 34.0 Å². The fraction of sp³-hybridized carbons (Fsp3) is 0.310. The molecule has 4 rings (SSSR count). The van der Waals surface area contributed by atoms with Gasteiger partial charge in [-0.3, -0.25) is 9.36 Å². The molecule has 0 amide bonds. The fourth-order valence-corrected chi connectivity index (χ4v) is 7.70. The summed E-state index contributed by atoms with van der Waals surface area (Å²) < 4.78 is 30.7. The smallest absolute Gasteiger partial charge is 0.343 e. The Kier molecular flexibility index (Phi) is 10.7. The number of fused-ring (bicyclic) bond motifs is 1. The normalized spacial score (nSPS) is 14.6. The molecule has 1 atom stereocenters. The molecule has 13 heteroatoms. The van der Waals surface area contributed by atoms with Crippen LogP contribution in [0.15, 0.2) is 51.4 Å². The van der Waals surface area contributed by atoms with Crippen LogP contribution in [-0.2, 0) is 19.1 Å². The lowest BCUT2D eigenvalue weighted by Crippen LogP contribution is -2.40. The predicted octanol–water partition coefficient (Wildman–Crippen LogP) is 3.97. The zero-order valence-electron chi connectivity index (χ0n) is 23.5. The Morgan fingerprint density at radius 2 is 1.76 bits per heavy atom. The van der Waals surface area contributed by atoms with Gasteiger partial charge in [0.2, 0.25) is 0 Å². The van der Waals surface area contributed by atoms with Crippen LogP contribution in [0.1, 0.15) is 37.9 Å². The fourth-order valence-electron chi connectivity index (χ4n) is 4.39. The van der Waals surface area contributed by atoms with Gasteiger partial charge >= 0.3 is 11.9 Å². The lowest BCUT2D eigenvalue weighted by Gasteiger charge is -2.25. The third-order valence-electron chi connectivity index (χ3n) is 6.20. The number of esters is 2. The minimum atomic E-state index is -0.840. The Bertz CT molecular complexity index is 1720. The second-order valence-electron chi connectivity index (χ2n) is 8.82. The van der Waals surface area contributed by atoms with E-state index < -0.39 is 18.0 Å². The van der Waals surface area contributed by atoms with E-state index in [2.05, 4.69) is 54.9 Å². The minimum Gasteiger partial charge on any atom is -0.495 e. The summed E-state index contributed by atoms with van der Waals surface area (Å²) in [6.45, 7) is 5.43. The zero-order valence-corrected chi connectivity index (χ0v) is 28.6. The summed E-state index contributed by atoms with van der Waals surface area (Å²) >= 11 is 5.64. The van der Waals surface area contributed by atoms with Crippen molar-refractivity contribution in [1.82, 2.24) is 4.57 Å². The van der Waals surface area contributed by atoms with Gasteiger partial charge in [0.15, 0.2) is 22.9 Å². The first kappa shape index (κ1) is 32.0. The Balaban J connectivity index is 1.91. The maximum absolute atomic E-state index is 14.0. The zero-order chi connectivity index (χ0) is 30.6. The number of benzene rings is 2. The van der Waals surface area contributed by atoms with E-state index in [0.29, 0.717) is 38.7 Å². The summed E-state index contributed by atoms with van der Waals surface area (Å²) in [5.41, 5.74) is 1.81. The van der Waals surface area contributed by atoms with Gasteiger partial charge in [0.25, 0.3) is 5.56 Å². The molecule has 10 nitrogen and oxygen atoms in total. The minimum absolute atomic E-state index is 0.159. The summed E-state index contributed by atoms with van der Waals surface area (Å²) in [5, 5.41) is 0. The summed E-state index contributed by atoms with van der Waals surface area (Å²) in [5.74, 6) is 0.328. The highest BCUT2D eigenvalue weighted by Gasteiger charge is 2.34. The van der Waals surface area contributed by atoms with E-state index in [1.807, 2.05) is 25.1 Å². The van der Waals surface area contributed by atoms with Crippen LogP contribution in [0.3, 0.4) is 0 Å². The lowest BCUT2D eigenvalue weighted by atomic mass is 9.95. The molecule has 0 saturated heterocycles. The van der Waals surface area contributed by atoms with Gasteiger partial charge in [-0.05, 0) is 107 Å². The van der Waals surface area contributed by atoms with Crippen molar-refractivity contribution < 1.29 is 33.3 Å². The lowest BCUT2D eigenvalue weighted by molar-refractivity contribution is -0.143. The number of carbonyl (C=O) groups excluding carboxylic acids is 2. The Morgan fingerprint density at radius 3 is 2.38 bits per heavy atom. The molecule has 1 aliphatic rings. The molecule has 1 aromatic heterocycles. The van der Waals surface area contributed by atoms with Crippen molar-refractivity contribution in [1.29, 1.82) is 0 Å². The van der Waals surface area contributed by atoms with E-state index >= 15 is 0 Å². The number of hydrogen-bond acceptors (Lipinski definition) is 10. The van der Waals surface area contributed by atoms with Gasteiger partial charge in [-0.2, -0.15) is 0 Å². The standard InChI is InChI=1S/C29H28I2N2O8S/c1-6-39-21-13-17(8-9-20(21)41-14-23(34)37-4)25-24(28(36)40-7-2)15(3)32-29-33(25)27(35)22(42-29)12-16-10-18(30)26(38-5)19(31)11-16/h8-13,25H,6-7,14H2,1-5H3/b22-12-/t25-/m1/s1. The van der Waals surface area contributed by atoms with Crippen molar-refractivity contribution in [2.24, 2.45) is 4.99 Å². The molecule has 0 aliphatic carbocycles. The van der Waals surface area contributed by atoms with E-state index in [4.69, 9.17) is 18.9 Å². The van der Waals surface area contributed by atoms with Crippen LogP contribution in [0.25, 0.3) is 6.08 Å². The van der Waals surface area contributed by atoms with Crippen LogP contribution in [0.2, 0.25) is 0 Å². The highest BCUT2D eigenvalue weighted by Crippen LogP contribution is 2.36. The molecule has 3 aromatic rings. The Labute approximate surface area is 273 Å². The van der Waals surface area contributed by atoms with Gasteiger partial charge in [-0.15, -0.1) is 0 Å². The predicted molar refractivity (Wildman–Crippen MR) is 174 cm³/mol. The second kappa shape index (κ2) is 14.0. The van der Waals surface area contributed by atoms with Crippen molar-refractivity contribution in [3.05, 3.63) is 79.6 Å². The number of nitrogens with zero attached hydrogens (tertiary/aromatic N) is 2. The van der Waals surface area contributed by atoms with E-state index in [1.54, 1.807) is 39.2 Å². The molecule has 0 unspecified atom stereocenters. The Hall–Kier alpha value is -2.92. The van der Waals surface area contributed by atoms with Crippen LogP contribution in [0.4, 0.5) is 0 Å². The third kappa shape index (κ3) is 6.67. The first-order chi connectivity index (χ1) is 20.1. The molecule has 0 N–H and O–H groups in total. The SMILES string of the molecule is CCOC(=O)C1=C(C)N=c2s/c(=C\c3cc(I)c(OC)c(I)c3)c(=O)n2[C@@H]1c1ccc(OCC(=O)OC)c(OCC)c1. The van der Waals surface area contributed by atoms with Gasteiger partial charge < -0.3 is 23.7 Å². The second-order valence-corrected chi connectivity index (χ2v) is 12.2. The topological polar surface area (TPSA) is 115 Å². The van der Waals surface area contributed by atoms with E-state index in [1.165, 1.54) is 23.0 Å². The van der Waals surface area contributed by atoms with Crippen LogP contribution < -0.4 is 29.1 Å². The highest BCUT2D eigenvalue weighted by atomic mass is 127. The maximum Gasteiger partial charge on any atom is 0.343 e. The van der Waals surface area contributed by atoms with E-state index in [9.17, 15) is 14.4 Å². The van der Waals surface area contributed by atoms with Crippen LogP contribution >= 0.6 is 56.5 Å². The molecule has 0 spiro atoms. The monoisotopic (exact) mass is 818 g/mol. The third-order valence-corrected chi connectivity index (χ3v) is 8.78. The number of thiazole rings is 1. The number of hydrogen-bond donors (Lipinski definition) is 0. The molecule has 1 aliphatic heterocycles. The number of ether oxygens (including phenoxy) is 5. The van der Waals surface area contributed by atoms with E-state index in [0.717, 1.165) is 18.5 Å². The highest BCUT2D eigenvalue weighted by molar-refractivity contribution is 14.1. The molecule has 42 heavy (non-hydrogen) atoms. The van der Waals surface area contributed by atoms with Gasteiger partial charge in [0.1, 0.15) is 5.75 Å². The summed E-state index contributed by atoms with van der Waals surface area (Å²) in [6, 6.07) is 8.10. The van der Waals surface area contributed by atoms with Crippen LogP contribution in [0.5, 0.6) is 17.2 Å². The number of halogens is 2. The van der Waals surface area contributed by atoms with Crippen LogP contribution in [-0.4, -0.2) is 50.5 Å². The molecule has 2 aromatic carbocycles. The summed E-state index contributed by atoms with van der Waals surface area (Å²) in [6.07, 6.45) is 1.81. The average molecular weight is 818 g/mol. The van der Waals surface area contributed by atoms with Crippen molar-refractivity contribution in [3.63, 3.8) is 0 Å². The molecular formula is C29H28I2N2O8S. The molecule has 2 heterocycles. The molecule has 222 valence electrons.